The summed E-state index contributed by atoms with van der Waals surface area (Å²) in [7, 11) is 0. The highest BCUT2D eigenvalue weighted by atomic mass is 35.5. The Hall–Kier alpha value is -0.180. The van der Waals surface area contributed by atoms with Crippen LogP contribution in [0.15, 0.2) is 29.2 Å². The molecule has 1 unspecified atom stereocenters. The van der Waals surface area contributed by atoms with E-state index in [0.29, 0.717) is 6.04 Å². The van der Waals surface area contributed by atoms with Crippen LogP contribution in [-0.2, 0) is 0 Å². The molecule has 0 aliphatic heterocycles. The zero-order chi connectivity index (χ0) is 12.5. The van der Waals surface area contributed by atoms with Crippen LogP contribution < -0.4 is 5.32 Å². The SMILES string of the molecule is CCCNC(C)CCCSc1ccc(Cl)cc1. The number of benzene rings is 1. The van der Waals surface area contributed by atoms with Crippen LogP contribution in [0.4, 0.5) is 0 Å². The van der Waals surface area contributed by atoms with E-state index in [0.717, 1.165) is 11.6 Å². The Kier molecular flexibility index (Phi) is 7.74. The minimum Gasteiger partial charge on any atom is -0.314 e. The molecule has 1 aromatic carbocycles. The van der Waals surface area contributed by atoms with Gasteiger partial charge in [0.1, 0.15) is 0 Å². The summed E-state index contributed by atoms with van der Waals surface area (Å²) in [5, 5.41) is 4.32. The minimum absolute atomic E-state index is 0.640. The molecule has 17 heavy (non-hydrogen) atoms. The van der Waals surface area contributed by atoms with Gasteiger partial charge in [0.05, 0.1) is 0 Å². The molecule has 0 aliphatic rings. The van der Waals surface area contributed by atoms with Crippen LogP contribution in [0.25, 0.3) is 0 Å². The van der Waals surface area contributed by atoms with E-state index in [1.807, 2.05) is 23.9 Å². The minimum atomic E-state index is 0.640. The summed E-state index contributed by atoms with van der Waals surface area (Å²) in [5.41, 5.74) is 0. The standard InChI is InChI=1S/C14H22ClNS/c1-3-10-16-12(2)5-4-11-17-14-8-6-13(15)7-9-14/h6-9,12,16H,3-5,10-11H2,1-2H3. The van der Waals surface area contributed by atoms with Gasteiger partial charge in [-0.1, -0.05) is 18.5 Å². The fourth-order valence-electron chi connectivity index (χ4n) is 1.60. The molecule has 0 saturated heterocycles. The van der Waals surface area contributed by atoms with E-state index in [4.69, 9.17) is 11.6 Å². The van der Waals surface area contributed by atoms with Gasteiger partial charge in [0.15, 0.2) is 0 Å². The summed E-state index contributed by atoms with van der Waals surface area (Å²) in [6.07, 6.45) is 3.72. The fourth-order valence-corrected chi connectivity index (χ4v) is 2.60. The molecule has 1 aromatic rings. The maximum absolute atomic E-state index is 5.85. The molecule has 0 spiro atoms. The Bertz CT molecular complexity index is 300. The normalized spacial score (nSPS) is 12.6. The van der Waals surface area contributed by atoms with E-state index in [-0.39, 0.29) is 0 Å². The molecular formula is C14H22ClNS. The molecule has 1 rings (SSSR count). The first-order chi connectivity index (χ1) is 8.22. The van der Waals surface area contributed by atoms with Crippen molar-refractivity contribution in [3.63, 3.8) is 0 Å². The average molecular weight is 272 g/mol. The van der Waals surface area contributed by atoms with Crippen LogP contribution in [0.5, 0.6) is 0 Å². The molecule has 3 heteroatoms. The highest BCUT2D eigenvalue weighted by molar-refractivity contribution is 7.99. The lowest BCUT2D eigenvalue weighted by Gasteiger charge is -2.12. The highest BCUT2D eigenvalue weighted by Gasteiger charge is 2.00. The van der Waals surface area contributed by atoms with Crippen molar-refractivity contribution in [3.8, 4) is 0 Å². The lowest BCUT2D eigenvalue weighted by molar-refractivity contribution is 0.510. The van der Waals surface area contributed by atoms with Crippen LogP contribution in [0.1, 0.15) is 33.1 Å². The molecule has 0 saturated carbocycles. The van der Waals surface area contributed by atoms with Gasteiger partial charge in [0.2, 0.25) is 0 Å². The molecule has 0 bridgehead atoms. The largest absolute Gasteiger partial charge is 0.314 e. The van der Waals surface area contributed by atoms with Crippen LogP contribution in [0.2, 0.25) is 5.02 Å². The Morgan fingerprint density at radius 1 is 1.29 bits per heavy atom. The van der Waals surface area contributed by atoms with Crippen LogP contribution in [0, 0.1) is 0 Å². The molecule has 0 aromatic heterocycles. The Balaban J connectivity index is 2.09. The fraction of sp³-hybridized carbons (Fsp3) is 0.571. The first kappa shape index (κ1) is 14.9. The lowest BCUT2D eigenvalue weighted by atomic mass is 10.2. The number of nitrogens with one attached hydrogen (secondary N) is 1. The zero-order valence-electron chi connectivity index (χ0n) is 10.7. The second kappa shape index (κ2) is 8.84. The summed E-state index contributed by atoms with van der Waals surface area (Å²) in [4.78, 5) is 1.31. The van der Waals surface area contributed by atoms with Crippen LogP contribution >= 0.6 is 23.4 Å². The quantitative estimate of drug-likeness (QED) is 0.548. The predicted molar refractivity (Wildman–Crippen MR) is 79.2 cm³/mol. The van der Waals surface area contributed by atoms with Crippen molar-refractivity contribution in [2.75, 3.05) is 12.3 Å². The smallest absolute Gasteiger partial charge is 0.0406 e. The monoisotopic (exact) mass is 271 g/mol. The third-order valence-corrected chi connectivity index (χ3v) is 3.96. The molecule has 0 heterocycles. The van der Waals surface area contributed by atoms with Gasteiger partial charge >= 0.3 is 0 Å². The van der Waals surface area contributed by atoms with Crippen molar-refractivity contribution in [2.45, 2.75) is 44.0 Å². The van der Waals surface area contributed by atoms with Crippen LogP contribution in [-0.4, -0.2) is 18.3 Å². The van der Waals surface area contributed by atoms with E-state index in [9.17, 15) is 0 Å². The lowest BCUT2D eigenvalue weighted by Crippen LogP contribution is -2.26. The van der Waals surface area contributed by atoms with Gasteiger partial charge in [0, 0.05) is 16.0 Å². The Labute approximate surface area is 114 Å². The van der Waals surface area contributed by atoms with Gasteiger partial charge in [-0.15, -0.1) is 11.8 Å². The number of hydrogen-bond acceptors (Lipinski definition) is 2. The zero-order valence-corrected chi connectivity index (χ0v) is 12.3. The summed E-state index contributed by atoms with van der Waals surface area (Å²) >= 11 is 7.75. The van der Waals surface area contributed by atoms with E-state index >= 15 is 0 Å². The summed E-state index contributed by atoms with van der Waals surface area (Å²) < 4.78 is 0. The van der Waals surface area contributed by atoms with Crippen molar-refractivity contribution < 1.29 is 0 Å². The third-order valence-electron chi connectivity index (χ3n) is 2.61. The molecule has 0 radical (unpaired) electrons. The van der Waals surface area contributed by atoms with Gasteiger partial charge in [-0.25, -0.2) is 0 Å². The van der Waals surface area contributed by atoms with Crippen molar-refractivity contribution in [1.82, 2.24) is 5.32 Å². The van der Waals surface area contributed by atoms with Crippen molar-refractivity contribution in [3.05, 3.63) is 29.3 Å². The third kappa shape index (κ3) is 6.97. The summed E-state index contributed by atoms with van der Waals surface area (Å²) in [5.74, 6) is 1.18. The summed E-state index contributed by atoms with van der Waals surface area (Å²) in [6.45, 7) is 5.60. The van der Waals surface area contributed by atoms with Gasteiger partial charge in [-0.05, 0) is 62.7 Å². The average Bonchev–Trinajstić information content (AvgIpc) is 2.34. The predicted octanol–water partition coefficient (Wildman–Crippen LogP) is 4.60. The number of halogens is 1. The molecule has 96 valence electrons. The van der Waals surface area contributed by atoms with E-state index in [1.54, 1.807) is 0 Å². The van der Waals surface area contributed by atoms with Gasteiger partial charge in [-0.3, -0.25) is 0 Å². The van der Waals surface area contributed by atoms with E-state index in [2.05, 4.69) is 31.3 Å². The highest BCUT2D eigenvalue weighted by Crippen LogP contribution is 2.21. The number of thioether (sulfide) groups is 1. The first-order valence-electron chi connectivity index (χ1n) is 6.34. The molecule has 1 atom stereocenters. The number of hydrogen-bond donors (Lipinski definition) is 1. The first-order valence-corrected chi connectivity index (χ1v) is 7.70. The molecule has 1 N–H and O–H groups in total. The summed E-state index contributed by atoms with van der Waals surface area (Å²) in [6, 6.07) is 8.73. The van der Waals surface area contributed by atoms with Crippen LogP contribution in [0.3, 0.4) is 0 Å². The molecular weight excluding hydrogens is 250 g/mol. The Morgan fingerprint density at radius 3 is 2.65 bits per heavy atom. The van der Waals surface area contributed by atoms with Gasteiger partial charge in [0.25, 0.3) is 0 Å². The van der Waals surface area contributed by atoms with Crippen molar-refractivity contribution in [2.24, 2.45) is 0 Å². The topological polar surface area (TPSA) is 12.0 Å². The molecule has 0 amide bonds. The van der Waals surface area contributed by atoms with Crippen molar-refractivity contribution >= 4 is 23.4 Å². The van der Waals surface area contributed by atoms with Gasteiger partial charge in [-0.2, -0.15) is 0 Å². The molecule has 0 aliphatic carbocycles. The van der Waals surface area contributed by atoms with E-state index < -0.39 is 0 Å². The molecule has 1 nitrogen and oxygen atoms in total. The maximum Gasteiger partial charge on any atom is 0.0406 e. The maximum atomic E-state index is 5.85. The van der Waals surface area contributed by atoms with Crippen molar-refractivity contribution in [1.29, 1.82) is 0 Å². The second-order valence-corrected chi connectivity index (χ2v) is 5.90. The number of rotatable bonds is 8. The van der Waals surface area contributed by atoms with Gasteiger partial charge < -0.3 is 5.32 Å². The second-order valence-electron chi connectivity index (χ2n) is 4.30. The van der Waals surface area contributed by atoms with E-state index in [1.165, 1.54) is 29.9 Å². The Morgan fingerprint density at radius 2 is 2.00 bits per heavy atom. The molecule has 0 fully saturated rings.